The molecule has 0 saturated carbocycles. The third-order valence-corrected chi connectivity index (χ3v) is 3.00. The summed E-state index contributed by atoms with van der Waals surface area (Å²) in [5, 5.41) is 3.92. The number of nitrogens with zero attached hydrogens (tertiary/aromatic N) is 3. The van der Waals surface area contributed by atoms with Crippen molar-refractivity contribution in [2.75, 3.05) is 11.4 Å². The van der Waals surface area contributed by atoms with E-state index in [2.05, 4.69) is 39.3 Å². The van der Waals surface area contributed by atoms with E-state index in [4.69, 9.17) is 10.3 Å². The SMILES string of the molecule is Cl.NCc1nc(CN2CCc3ccccc32)no1. The van der Waals surface area contributed by atoms with Gasteiger partial charge in [-0.05, 0) is 18.1 Å². The summed E-state index contributed by atoms with van der Waals surface area (Å²) in [6.45, 7) is 1.98. The Balaban J connectivity index is 0.00000120. The van der Waals surface area contributed by atoms with Crippen LogP contribution in [0.15, 0.2) is 28.8 Å². The van der Waals surface area contributed by atoms with Gasteiger partial charge in [0.2, 0.25) is 5.89 Å². The first kappa shape index (κ1) is 12.9. The van der Waals surface area contributed by atoms with Gasteiger partial charge in [-0.3, -0.25) is 0 Å². The first-order chi connectivity index (χ1) is 8.36. The summed E-state index contributed by atoms with van der Waals surface area (Å²) in [5.41, 5.74) is 8.09. The summed E-state index contributed by atoms with van der Waals surface area (Å²) in [6, 6.07) is 8.42. The number of halogens is 1. The van der Waals surface area contributed by atoms with E-state index >= 15 is 0 Å². The lowest BCUT2D eigenvalue weighted by atomic mass is 10.2. The molecule has 0 amide bonds. The minimum atomic E-state index is 0. The van der Waals surface area contributed by atoms with Crippen molar-refractivity contribution in [1.29, 1.82) is 0 Å². The van der Waals surface area contributed by atoms with Crippen molar-refractivity contribution in [3.05, 3.63) is 41.5 Å². The van der Waals surface area contributed by atoms with Gasteiger partial charge in [0, 0.05) is 12.2 Å². The van der Waals surface area contributed by atoms with E-state index in [1.807, 2.05) is 0 Å². The largest absolute Gasteiger partial charge is 0.363 e. The summed E-state index contributed by atoms with van der Waals surface area (Å²) in [5.74, 6) is 1.19. The third kappa shape index (κ3) is 2.32. The molecular formula is C12H15ClN4O. The molecule has 0 bridgehead atoms. The highest BCUT2D eigenvalue weighted by atomic mass is 35.5. The molecule has 0 unspecified atom stereocenters. The lowest BCUT2D eigenvalue weighted by molar-refractivity contribution is 0.374. The van der Waals surface area contributed by atoms with Gasteiger partial charge in [0.1, 0.15) is 0 Å². The van der Waals surface area contributed by atoms with Gasteiger partial charge in [0.15, 0.2) is 5.82 Å². The van der Waals surface area contributed by atoms with Gasteiger partial charge in [-0.25, -0.2) is 0 Å². The zero-order chi connectivity index (χ0) is 11.7. The predicted molar refractivity (Wildman–Crippen MR) is 70.6 cm³/mol. The number of para-hydroxylation sites is 1. The van der Waals surface area contributed by atoms with E-state index in [-0.39, 0.29) is 12.4 Å². The number of anilines is 1. The first-order valence-corrected chi connectivity index (χ1v) is 5.71. The van der Waals surface area contributed by atoms with Crippen LogP contribution in [-0.2, 0) is 19.5 Å². The fourth-order valence-corrected chi connectivity index (χ4v) is 2.18. The van der Waals surface area contributed by atoms with Crippen LogP contribution in [0.2, 0.25) is 0 Å². The van der Waals surface area contributed by atoms with Gasteiger partial charge in [-0.15, -0.1) is 12.4 Å². The number of aromatic nitrogens is 2. The average molecular weight is 267 g/mol. The Morgan fingerprint density at radius 2 is 2.17 bits per heavy atom. The molecule has 96 valence electrons. The molecule has 1 aromatic heterocycles. The molecule has 0 radical (unpaired) electrons. The topological polar surface area (TPSA) is 68.2 Å². The van der Waals surface area contributed by atoms with Crippen LogP contribution in [0.1, 0.15) is 17.3 Å². The molecule has 5 nitrogen and oxygen atoms in total. The molecule has 1 aliphatic rings. The molecule has 1 aliphatic heterocycles. The molecule has 1 aromatic carbocycles. The van der Waals surface area contributed by atoms with Crippen LogP contribution >= 0.6 is 12.4 Å². The monoisotopic (exact) mass is 266 g/mol. The van der Waals surface area contributed by atoms with Gasteiger partial charge >= 0.3 is 0 Å². The van der Waals surface area contributed by atoms with Crippen molar-refractivity contribution in [3.8, 4) is 0 Å². The molecule has 0 spiro atoms. The molecule has 0 fully saturated rings. The number of benzene rings is 1. The van der Waals surface area contributed by atoms with Gasteiger partial charge < -0.3 is 15.2 Å². The van der Waals surface area contributed by atoms with Crippen molar-refractivity contribution >= 4 is 18.1 Å². The Morgan fingerprint density at radius 3 is 2.94 bits per heavy atom. The molecule has 0 saturated heterocycles. The van der Waals surface area contributed by atoms with Crippen LogP contribution in [-0.4, -0.2) is 16.7 Å². The molecule has 3 rings (SSSR count). The fraction of sp³-hybridized carbons (Fsp3) is 0.333. The van der Waals surface area contributed by atoms with Gasteiger partial charge in [-0.2, -0.15) is 4.98 Å². The van der Waals surface area contributed by atoms with Crippen LogP contribution < -0.4 is 10.6 Å². The number of rotatable bonds is 3. The van der Waals surface area contributed by atoms with Crippen LogP contribution in [0.5, 0.6) is 0 Å². The smallest absolute Gasteiger partial charge is 0.240 e. The fourth-order valence-electron chi connectivity index (χ4n) is 2.18. The van der Waals surface area contributed by atoms with Gasteiger partial charge in [0.25, 0.3) is 0 Å². The van der Waals surface area contributed by atoms with Crippen LogP contribution in [0, 0.1) is 0 Å². The van der Waals surface area contributed by atoms with Crippen molar-refractivity contribution in [1.82, 2.24) is 10.1 Å². The minimum Gasteiger partial charge on any atom is -0.363 e. The summed E-state index contributed by atoms with van der Waals surface area (Å²) < 4.78 is 5.00. The third-order valence-electron chi connectivity index (χ3n) is 3.00. The predicted octanol–water partition coefficient (Wildman–Crippen LogP) is 1.51. The number of hydrogen-bond donors (Lipinski definition) is 1. The summed E-state index contributed by atoms with van der Waals surface area (Å²) >= 11 is 0. The normalized spacial score (nSPS) is 13.3. The Labute approximate surface area is 111 Å². The Morgan fingerprint density at radius 1 is 1.33 bits per heavy atom. The summed E-state index contributed by atoms with van der Waals surface area (Å²) in [6.07, 6.45) is 1.08. The Bertz CT molecular complexity index is 528. The highest BCUT2D eigenvalue weighted by Crippen LogP contribution is 2.28. The van der Waals surface area contributed by atoms with Crippen molar-refractivity contribution < 1.29 is 4.52 Å². The Hall–Kier alpha value is -1.59. The zero-order valence-corrected chi connectivity index (χ0v) is 10.7. The van der Waals surface area contributed by atoms with Crippen LogP contribution in [0.4, 0.5) is 5.69 Å². The lowest BCUT2D eigenvalue weighted by Gasteiger charge is -2.16. The van der Waals surface area contributed by atoms with E-state index < -0.39 is 0 Å². The van der Waals surface area contributed by atoms with E-state index in [1.165, 1.54) is 11.3 Å². The number of nitrogens with two attached hydrogens (primary N) is 1. The van der Waals surface area contributed by atoms with Crippen molar-refractivity contribution in [3.63, 3.8) is 0 Å². The van der Waals surface area contributed by atoms with Gasteiger partial charge in [0.05, 0.1) is 13.1 Å². The summed E-state index contributed by atoms with van der Waals surface area (Å²) in [7, 11) is 0. The van der Waals surface area contributed by atoms with Crippen LogP contribution in [0.25, 0.3) is 0 Å². The molecule has 2 aromatic rings. The molecular weight excluding hydrogens is 252 g/mol. The molecule has 0 atom stereocenters. The van der Waals surface area contributed by atoms with E-state index in [9.17, 15) is 0 Å². The zero-order valence-electron chi connectivity index (χ0n) is 9.87. The van der Waals surface area contributed by atoms with E-state index in [0.29, 0.717) is 24.8 Å². The maximum atomic E-state index is 5.44. The van der Waals surface area contributed by atoms with E-state index in [1.54, 1.807) is 0 Å². The van der Waals surface area contributed by atoms with Crippen LogP contribution in [0.3, 0.4) is 0 Å². The number of fused-ring (bicyclic) bond motifs is 1. The molecule has 0 aliphatic carbocycles. The van der Waals surface area contributed by atoms with Gasteiger partial charge in [-0.1, -0.05) is 23.4 Å². The molecule has 18 heavy (non-hydrogen) atoms. The Kier molecular flexibility index (Phi) is 3.84. The highest BCUT2D eigenvalue weighted by Gasteiger charge is 2.20. The lowest BCUT2D eigenvalue weighted by Crippen LogP contribution is -2.20. The maximum Gasteiger partial charge on any atom is 0.240 e. The maximum absolute atomic E-state index is 5.44. The molecule has 2 heterocycles. The average Bonchev–Trinajstić information content (AvgIpc) is 2.97. The van der Waals surface area contributed by atoms with Crippen molar-refractivity contribution in [2.45, 2.75) is 19.5 Å². The first-order valence-electron chi connectivity index (χ1n) is 5.71. The second kappa shape index (κ2) is 5.37. The standard InChI is InChI=1S/C12H14N4O.ClH/c13-7-12-14-11(15-17-12)8-16-6-5-9-3-1-2-4-10(9)16;/h1-4H,5-8,13H2;1H. The van der Waals surface area contributed by atoms with Crippen molar-refractivity contribution in [2.24, 2.45) is 5.73 Å². The second-order valence-electron chi connectivity index (χ2n) is 4.11. The molecule has 6 heteroatoms. The summed E-state index contributed by atoms with van der Waals surface area (Å²) in [4.78, 5) is 6.49. The quantitative estimate of drug-likeness (QED) is 0.912. The molecule has 2 N–H and O–H groups in total. The van der Waals surface area contributed by atoms with E-state index in [0.717, 1.165) is 13.0 Å². The highest BCUT2D eigenvalue weighted by molar-refractivity contribution is 5.85. The second-order valence-corrected chi connectivity index (χ2v) is 4.11. The minimum absolute atomic E-state index is 0. The number of hydrogen-bond acceptors (Lipinski definition) is 5.